The first kappa shape index (κ1) is 14.8. The maximum absolute atomic E-state index is 13.0. The Kier molecular flexibility index (Phi) is 3.54. The lowest BCUT2D eigenvalue weighted by atomic mass is 10.0. The van der Waals surface area contributed by atoms with Gasteiger partial charge in [-0.2, -0.15) is 5.10 Å². The van der Waals surface area contributed by atoms with Gasteiger partial charge >= 0.3 is 0 Å². The van der Waals surface area contributed by atoms with Crippen molar-refractivity contribution in [2.24, 2.45) is 7.05 Å². The van der Waals surface area contributed by atoms with Crippen LogP contribution in [0.2, 0.25) is 0 Å². The number of rotatable bonds is 3. The molecule has 0 aliphatic rings. The number of aromatic nitrogens is 4. The molecule has 0 radical (unpaired) electrons. The molecule has 120 valence electrons. The minimum atomic E-state index is -0.00736. The number of benzene rings is 1. The molecule has 0 fully saturated rings. The average molecular weight is 336 g/mol. The highest BCUT2D eigenvalue weighted by molar-refractivity contribution is 7.19. The molecule has 0 unspecified atom stereocenters. The van der Waals surface area contributed by atoms with Crippen LogP contribution in [-0.2, 0) is 13.6 Å². The van der Waals surface area contributed by atoms with Gasteiger partial charge < -0.3 is 0 Å². The van der Waals surface area contributed by atoms with Crippen molar-refractivity contribution in [3.05, 3.63) is 69.8 Å². The van der Waals surface area contributed by atoms with E-state index in [1.165, 1.54) is 0 Å². The second-order valence-electron chi connectivity index (χ2n) is 5.78. The van der Waals surface area contributed by atoms with E-state index in [0.717, 1.165) is 26.4 Å². The molecule has 0 N–H and O–H groups in total. The zero-order valence-corrected chi connectivity index (χ0v) is 14.2. The van der Waals surface area contributed by atoms with E-state index in [1.807, 2.05) is 50.5 Å². The standard InChI is InChI=1S/C18H16N4OS/c1-12-15(14-6-4-3-5-7-14)16-17(24-12)19-11-22(18(16)23)10-13-8-20-21(2)9-13/h3-9,11H,10H2,1-2H3. The van der Waals surface area contributed by atoms with Gasteiger partial charge in [-0.15, -0.1) is 11.3 Å². The third kappa shape index (κ3) is 2.45. The van der Waals surface area contributed by atoms with Gasteiger partial charge in [-0.05, 0) is 12.5 Å². The summed E-state index contributed by atoms with van der Waals surface area (Å²) in [7, 11) is 1.86. The fraction of sp³-hybridized carbons (Fsp3) is 0.167. The minimum absolute atomic E-state index is 0.00736. The predicted molar refractivity (Wildman–Crippen MR) is 96.4 cm³/mol. The molecule has 0 atom stereocenters. The summed E-state index contributed by atoms with van der Waals surface area (Å²) in [5.74, 6) is 0. The van der Waals surface area contributed by atoms with Crippen LogP contribution in [0.15, 0.2) is 53.8 Å². The Morgan fingerprint density at radius 3 is 2.71 bits per heavy atom. The van der Waals surface area contributed by atoms with Crippen molar-refractivity contribution >= 4 is 21.6 Å². The van der Waals surface area contributed by atoms with Crippen molar-refractivity contribution < 1.29 is 0 Å². The Labute approximate surface area is 142 Å². The van der Waals surface area contributed by atoms with Gasteiger partial charge in [0.25, 0.3) is 5.56 Å². The smallest absolute Gasteiger partial charge is 0.263 e. The number of hydrogen-bond acceptors (Lipinski definition) is 4. The molecule has 0 aliphatic heterocycles. The molecule has 0 aliphatic carbocycles. The molecular formula is C18H16N4OS. The van der Waals surface area contributed by atoms with E-state index in [0.29, 0.717) is 11.9 Å². The highest BCUT2D eigenvalue weighted by Gasteiger charge is 2.16. The van der Waals surface area contributed by atoms with Crippen molar-refractivity contribution in [1.82, 2.24) is 19.3 Å². The van der Waals surface area contributed by atoms with Gasteiger partial charge in [0.15, 0.2) is 0 Å². The molecule has 0 amide bonds. The molecule has 5 nitrogen and oxygen atoms in total. The van der Waals surface area contributed by atoms with E-state index in [-0.39, 0.29) is 5.56 Å². The Hall–Kier alpha value is -2.73. The first-order valence-electron chi connectivity index (χ1n) is 7.65. The van der Waals surface area contributed by atoms with Crippen LogP contribution in [0.25, 0.3) is 21.3 Å². The highest BCUT2D eigenvalue weighted by atomic mass is 32.1. The maximum Gasteiger partial charge on any atom is 0.263 e. The zero-order valence-electron chi connectivity index (χ0n) is 13.4. The number of nitrogens with zero attached hydrogens (tertiary/aromatic N) is 4. The van der Waals surface area contributed by atoms with Crippen LogP contribution < -0.4 is 5.56 Å². The number of hydrogen-bond donors (Lipinski definition) is 0. The first-order valence-corrected chi connectivity index (χ1v) is 8.46. The summed E-state index contributed by atoms with van der Waals surface area (Å²) in [5.41, 5.74) is 3.02. The van der Waals surface area contributed by atoms with Gasteiger partial charge in [-0.3, -0.25) is 14.0 Å². The average Bonchev–Trinajstić information content (AvgIpc) is 3.14. The molecule has 3 aromatic heterocycles. The second-order valence-corrected chi connectivity index (χ2v) is 6.98. The predicted octanol–water partition coefficient (Wildman–Crippen LogP) is 3.22. The summed E-state index contributed by atoms with van der Waals surface area (Å²) in [4.78, 5) is 19.5. The van der Waals surface area contributed by atoms with E-state index in [2.05, 4.69) is 10.1 Å². The third-order valence-corrected chi connectivity index (χ3v) is 5.04. The summed E-state index contributed by atoms with van der Waals surface area (Å²) in [6.07, 6.45) is 5.31. The third-order valence-electron chi connectivity index (χ3n) is 4.03. The topological polar surface area (TPSA) is 52.7 Å². The van der Waals surface area contributed by atoms with Gasteiger partial charge in [0.1, 0.15) is 4.83 Å². The number of thiophene rings is 1. The van der Waals surface area contributed by atoms with E-state index in [1.54, 1.807) is 33.1 Å². The van der Waals surface area contributed by atoms with Crippen molar-refractivity contribution in [2.45, 2.75) is 13.5 Å². The minimum Gasteiger partial charge on any atom is -0.294 e. The largest absolute Gasteiger partial charge is 0.294 e. The fourth-order valence-electron chi connectivity index (χ4n) is 2.95. The van der Waals surface area contributed by atoms with Crippen LogP contribution in [0.3, 0.4) is 0 Å². The van der Waals surface area contributed by atoms with Crippen LogP contribution in [0, 0.1) is 6.92 Å². The second kappa shape index (κ2) is 5.72. The fourth-order valence-corrected chi connectivity index (χ4v) is 3.96. The van der Waals surface area contributed by atoms with Crippen LogP contribution in [0.5, 0.6) is 0 Å². The summed E-state index contributed by atoms with van der Waals surface area (Å²) in [6.45, 7) is 2.51. The lowest BCUT2D eigenvalue weighted by Gasteiger charge is -2.05. The van der Waals surface area contributed by atoms with Crippen LogP contribution in [0.1, 0.15) is 10.4 Å². The van der Waals surface area contributed by atoms with Crippen molar-refractivity contribution in [2.75, 3.05) is 0 Å². The lowest BCUT2D eigenvalue weighted by Crippen LogP contribution is -2.20. The molecule has 4 aromatic rings. The monoisotopic (exact) mass is 336 g/mol. The van der Waals surface area contributed by atoms with Crippen LogP contribution >= 0.6 is 11.3 Å². The molecular weight excluding hydrogens is 320 g/mol. The van der Waals surface area contributed by atoms with Gasteiger partial charge in [-0.25, -0.2) is 4.98 Å². The molecule has 0 saturated carbocycles. The Morgan fingerprint density at radius 1 is 1.21 bits per heavy atom. The van der Waals surface area contributed by atoms with Crippen LogP contribution in [-0.4, -0.2) is 19.3 Å². The van der Waals surface area contributed by atoms with Crippen molar-refractivity contribution in [3.63, 3.8) is 0 Å². The van der Waals surface area contributed by atoms with Crippen molar-refractivity contribution in [3.8, 4) is 11.1 Å². The zero-order chi connectivity index (χ0) is 16.7. The molecule has 6 heteroatoms. The van der Waals surface area contributed by atoms with Gasteiger partial charge in [-0.1, -0.05) is 30.3 Å². The van der Waals surface area contributed by atoms with E-state index >= 15 is 0 Å². The van der Waals surface area contributed by atoms with E-state index < -0.39 is 0 Å². The highest BCUT2D eigenvalue weighted by Crippen LogP contribution is 2.35. The molecule has 0 saturated heterocycles. The molecule has 24 heavy (non-hydrogen) atoms. The van der Waals surface area contributed by atoms with Crippen LogP contribution in [0.4, 0.5) is 0 Å². The molecule has 0 bridgehead atoms. The first-order chi connectivity index (χ1) is 11.6. The lowest BCUT2D eigenvalue weighted by molar-refractivity contribution is 0.743. The quantitative estimate of drug-likeness (QED) is 0.577. The maximum atomic E-state index is 13.0. The SMILES string of the molecule is Cc1sc2ncn(Cc3cnn(C)c3)c(=O)c2c1-c1ccccc1. The van der Waals surface area contributed by atoms with Gasteiger partial charge in [0.2, 0.25) is 0 Å². The Balaban J connectivity index is 1.90. The summed E-state index contributed by atoms with van der Waals surface area (Å²) in [6, 6.07) is 10.0. The number of fused-ring (bicyclic) bond motifs is 1. The number of aryl methyl sites for hydroxylation is 2. The molecule has 3 heterocycles. The van der Waals surface area contributed by atoms with Crippen molar-refractivity contribution in [1.29, 1.82) is 0 Å². The summed E-state index contributed by atoms with van der Waals surface area (Å²) >= 11 is 1.57. The van der Waals surface area contributed by atoms with Gasteiger partial charge in [0, 0.05) is 29.2 Å². The summed E-state index contributed by atoms with van der Waals surface area (Å²) in [5, 5.41) is 4.86. The summed E-state index contributed by atoms with van der Waals surface area (Å²) < 4.78 is 3.38. The van der Waals surface area contributed by atoms with E-state index in [9.17, 15) is 4.79 Å². The molecule has 4 rings (SSSR count). The normalized spacial score (nSPS) is 11.2. The Morgan fingerprint density at radius 2 is 2.00 bits per heavy atom. The Bertz CT molecular complexity index is 1080. The molecule has 0 spiro atoms. The van der Waals surface area contributed by atoms with Gasteiger partial charge in [0.05, 0.1) is 24.5 Å². The molecule has 1 aromatic carbocycles. The van der Waals surface area contributed by atoms with E-state index in [4.69, 9.17) is 0 Å².